The highest BCUT2D eigenvalue weighted by atomic mass is 32.2. The first-order valence-electron chi connectivity index (χ1n) is 7.36. The molecule has 3 N–H and O–H groups in total. The van der Waals surface area contributed by atoms with Gasteiger partial charge < -0.3 is 10.5 Å². The number of methoxy groups -OCH3 is 1. The summed E-state index contributed by atoms with van der Waals surface area (Å²) >= 11 is 0. The quantitative estimate of drug-likeness (QED) is 0.791. The Morgan fingerprint density at radius 1 is 1.33 bits per heavy atom. The maximum Gasteiger partial charge on any atom is 0.240 e. The smallest absolute Gasteiger partial charge is 0.240 e. The fourth-order valence-electron chi connectivity index (χ4n) is 2.97. The molecule has 0 unspecified atom stereocenters. The van der Waals surface area contributed by atoms with Crippen LogP contribution in [0.15, 0.2) is 23.1 Å². The lowest BCUT2D eigenvalue weighted by Gasteiger charge is -2.27. The van der Waals surface area contributed by atoms with Gasteiger partial charge in [0.15, 0.2) is 0 Å². The van der Waals surface area contributed by atoms with Crippen LogP contribution in [0.3, 0.4) is 0 Å². The number of rotatable bonds is 6. The van der Waals surface area contributed by atoms with Crippen LogP contribution in [0.1, 0.15) is 39.0 Å². The van der Waals surface area contributed by atoms with Crippen LogP contribution in [-0.4, -0.2) is 22.1 Å². The van der Waals surface area contributed by atoms with Gasteiger partial charge in [-0.05, 0) is 36.8 Å². The second-order valence-electron chi connectivity index (χ2n) is 5.79. The van der Waals surface area contributed by atoms with E-state index in [4.69, 9.17) is 10.5 Å². The lowest BCUT2D eigenvalue weighted by Crippen LogP contribution is -2.35. The van der Waals surface area contributed by atoms with E-state index in [1.54, 1.807) is 6.07 Å². The monoisotopic (exact) mass is 312 g/mol. The average molecular weight is 312 g/mol. The van der Waals surface area contributed by atoms with Crippen molar-refractivity contribution in [2.45, 2.75) is 43.9 Å². The lowest BCUT2D eigenvalue weighted by molar-refractivity contribution is 0.285. The van der Waals surface area contributed by atoms with Crippen molar-refractivity contribution in [1.29, 1.82) is 0 Å². The van der Waals surface area contributed by atoms with Crippen LogP contribution in [0.5, 0.6) is 5.75 Å². The lowest BCUT2D eigenvalue weighted by atomic mass is 9.84. The van der Waals surface area contributed by atoms with Crippen molar-refractivity contribution in [1.82, 2.24) is 4.72 Å². The molecule has 0 radical (unpaired) electrons. The highest BCUT2D eigenvalue weighted by Crippen LogP contribution is 2.40. The minimum Gasteiger partial charge on any atom is -0.495 e. The molecule has 1 aromatic carbocycles. The molecular weight excluding hydrogens is 288 g/mol. The third kappa shape index (κ3) is 3.49. The zero-order valence-corrected chi connectivity index (χ0v) is 13.5. The maximum absolute atomic E-state index is 12.4. The van der Waals surface area contributed by atoms with E-state index in [9.17, 15) is 8.42 Å². The topological polar surface area (TPSA) is 81.4 Å². The van der Waals surface area contributed by atoms with Gasteiger partial charge in [0.05, 0.1) is 17.7 Å². The molecule has 118 valence electrons. The first-order valence-corrected chi connectivity index (χ1v) is 8.84. The van der Waals surface area contributed by atoms with Gasteiger partial charge in [0.25, 0.3) is 0 Å². The minimum atomic E-state index is -3.53. The molecule has 0 aromatic heterocycles. The fourth-order valence-corrected chi connectivity index (χ4v) is 4.14. The Bertz CT molecular complexity index is 593. The molecule has 1 fully saturated rings. The molecule has 0 bridgehead atoms. The second kappa shape index (κ2) is 6.23. The molecule has 2 rings (SSSR count). The molecule has 1 saturated carbocycles. The number of sulfonamides is 1. The van der Waals surface area contributed by atoms with Crippen LogP contribution in [0.2, 0.25) is 0 Å². The molecule has 0 heterocycles. The van der Waals surface area contributed by atoms with Crippen molar-refractivity contribution in [3.8, 4) is 5.75 Å². The van der Waals surface area contributed by atoms with Gasteiger partial charge in [-0.25, -0.2) is 13.1 Å². The van der Waals surface area contributed by atoms with Crippen molar-refractivity contribution in [3.63, 3.8) is 0 Å². The minimum absolute atomic E-state index is 0.116. The summed E-state index contributed by atoms with van der Waals surface area (Å²) in [5.74, 6) is 0.379. The van der Waals surface area contributed by atoms with Crippen molar-refractivity contribution >= 4 is 15.7 Å². The number of nitrogens with two attached hydrogens (primary N) is 1. The van der Waals surface area contributed by atoms with Gasteiger partial charge in [-0.1, -0.05) is 19.8 Å². The Morgan fingerprint density at radius 3 is 2.57 bits per heavy atom. The number of hydrogen-bond donors (Lipinski definition) is 2. The molecule has 0 atom stereocenters. The molecule has 0 saturated heterocycles. The molecule has 1 aliphatic rings. The molecular formula is C15H24N2O3S. The van der Waals surface area contributed by atoms with Crippen LogP contribution in [0.25, 0.3) is 0 Å². The summed E-state index contributed by atoms with van der Waals surface area (Å²) in [5, 5.41) is 0. The summed E-state index contributed by atoms with van der Waals surface area (Å²) in [4.78, 5) is 0.192. The van der Waals surface area contributed by atoms with Gasteiger partial charge in [0, 0.05) is 12.6 Å². The van der Waals surface area contributed by atoms with Crippen LogP contribution in [-0.2, 0) is 10.0 Å². The molecule has 6 heteroatoms. The third-order valence-corrected chi connectivity index (χ3v) is 5.97. The van der Waals surface area contributed by atoms with Gasteiger partial charge in [-0.15, -0.1) is 0 Å². The molecule has 21 heavy (non-hydrogen) atoms. The van der Waals surface area contributed by atoms with E-state index >= 15 is 0 Å². The Kier molecular flexibility index (Phi) is 4.78. The van der Waals surface area contributed by atoms with Gasteiger partial charge in [0.2, 0.25) is 10.0 Å². The van der Waals surface area contributed by atoms with Crippen molar-refractivity contribution < 1.29 is 13.2 Å². The van der Waals surface area contributed by atoms with Crippen LogP contribution >= 0.6 is 0 Å². The number of nitrogens with one attached hydrogen (secondary N) is 1. The van der Waals surface area contributed by atoms with E-state index in [0.29, 0.717) is 18.0 Å². The van der Waals surface area contributed by atoms with Gasteiger partial charge >= 0.3 is 0 Å². The first-order chi connectivity index (χ1) is 9.92. The highest BCUT2D eigenvalue weighted by molar-refractivity contribution is 7.89. The van der Waals surface area contributed by atoms with E-state index in [2.05, 4.69) is 11.6 Å². The number of hydrogen-bond acceptors (Lipinski definition) is 4. The predicted molar refractivity (Wildman–Crippen MR) is 83.8 cm³/mol. The summed E-state index contributed by atoms with van der Waals surface area (Å²) in [7, 11) is -2.06. The summed E-state index contributed by atoms with van der Waals surface area (Å²) in [6, 6.07) is 4.52. The normalized spacial score (nSPS) is 17.8. The predicted octanol–water partition coefficient (Wildman–Crippen LogP) is 2.53. The fraction of sp³-hybridized carbons (Fsp3) is 0.600. The molecule has 0 spiro atoms. The molecule has 5 nitrogen and oxygen atoms in total. The van der Waals surface area contributed by atoms with E-state index < -0.39 is 10.0 Å². The number of ether oxygens (including phenoxy) is 1. The van der Waals surface area contributed by atoms with Crippen LogP contribution in [0.4, 0.5) is 5.69 Å². The largest absolute Gasteiger partial charge is 0.495 e. The highest BCUT2D eigenvalue weighted by Gasteiger charge is 2.33. The van der Waals surface area contributed by atoms with Gasteiger partial charge in [-0.3, -0.25) is 0 Å². The van der Waals surface area contributed by atoms with E-state index in [1.807, 2.05) is 0 Å². The van der Waals surface area contributed by atoms with Crippen LogP contribution in [0, 0.1) is 5.41 Å². The van der Waals surface area contributed by atoms with Crippen molar-refractivity contribution in [3.05, 3.63) is 18.2 Å². The number of nitrogen functional groups attached to an aromatic ring is 1. The molecule has 1 aliphatic carbocycles. The Balaban J connectivity index is 2.15. The number of benzene rings is 1. The molecule has 1 aromatic rings. The average Bonchev–Trinajstić information content (AvgIpc) is 2.95. The summed E-state index contributed by atoms with van der Waals surface area (Å²) in [5.41, 5.74) is 6.26. The summed E-state index contributed by atoms with van der Waals surface area (Å²) in [6.45, 7) is 2.63. The summed E-state index contributed by atoms with van der Waals surface area (Å²) < 4.78 is 32.7. The van der Waals surface area contributed by atoms with E-state index in [-0.39, 0.29) is 10.3 Å². The van der Waals surface area contributed by atoms with Gasteiger partial charge in [-0.2, -0.15) is 0 Å². The second-order valence-corrected chi connectivity index (χ2v) is 7.56. The Morgan fingerprint density at radius 2 is 2.00 bits per heavy atom. The van der Waals surface area contributed by atoms with Crippen LogP contribution < -0.4 is 15.2 Å². The first kappa shape index (κ1) is 16.1. The molecule has 0 amide bonds. The van der Waals surface area contributed by atoms with Crippen molar-refractivity contribution in [2.75, 3.05) is 19.4 Å². The standard InChI is InChI=1S/C15H24N2O3S/c1-3-15(8-4-5-9-15)11-17-21(18,19)12-6-7-13(16)14(10-12)20-2/h6-7,10,17H,3-5,8-9,11,16H2,1-2H3. The van der Waals surface area contributed by atoms with E-state index in [0.717, 1.165) is 19.3 Å². The maximum atomic E-state index is 12.4. The van der Waals surface area contributed by atoms with Crippen molar-refractivity contribution in [2.24, 2.45) is 5.41 Å². The zero-order chi connectivity index (χ0) is 15.5. The zero-order valence-electron chi connectivity index (χ0n) is 12.7. The van der Waals surface area contributed by atoms with E-state index in [1.165, 1.54) is 32.1 Å². The van der Waals surface area contributed by atoms with Gasteiger partial charge in [0.1, 0.15) is 5.75 Å². The number of anilines is 1. The Hall–Kier alpha value is -1.27. The third-order valence-electron chi connectivity index (χ3n) is 4.57. The SMILES string of the molecule is CCC1(CNS(=O)(=O)c2ccc(N)c(OC)c2)CCCC1. The molecule has 0 aliphatic heterocycles. The Labute approximate surface area is 126 Å². The summed E-state index contributed by atoms with van der Waals surface area (Å²) in [6.07, 6.45) is 5.56.